The van der Waals surface area contributed by atoms with Crippen molar-refractivity contribution < 1.29 is 9.59 Å². The highest BCUT2D eigenvalue weighted by Crippen LogP contribution is 2.22. The maximum absolute atomic E-state index is 13.6. The van der Waals surface area contributed by atoms with Crippen LogP contribution in [0.4, 0.5) is 0 Å². The second-order valence-corrected chi connectivity index (χ2v) is 9.97. The van der Waals surface area contributed by atoms with Crippen LogP contribution < -0.4 is 5.32 Å². The number of nitrogens with zero attached hydrogens (tertiary/aromatic N) is 1. The lowest BCUT2D eigenvalue weighted by Crippen LogP contribution is -2.52. The number of nitrogens with one attached hydrogen (secondary N) is 1. The van der Waals surface area contributed by atoms with E-state index in [1.807, 2.05) is 107 Å². The van der Waals surface area contributed by atoms with Crippen LogP contribution in [-0.4, -0.2) is 34.6 Å². The Morgan fingerprint density at radius 3 is 2.18 bits per heavy atom. The lowest BCUT2D eigenvalue weighted by atomic mass is 10.0. The summed E-state index contributed by atoms with van der Waals surface area (Å²) in [5.74, 6) is 0.102. The first-order valence-corrected chi connectivity index (χ1v) is 12.7. The van der Waals surface area contributed by atoms with Crippen molar-refractivity contribution >= 4 is 23.6 Å². The Bertz CT molecular complexity index is 1080. The van der Waals surface area contributed by atoms with Gasteiger partial charge in [-0.2, -0.15) is 0 Å². The molecule has 1 atom stereocenters. The molecule has 5 heteroatoms. The van der Waals surface area contributed by atoms with E-state index >= 15 is 0 Å². The van der Waals surface area contributed by atoms with Crippen molar-refractivity contribution in [2.24, 2.45) is 0 Å². The summed E-state index contributed by atoms with van der Waals surface area (Å²) >= 11 is 1.51. The predicted molar refractivity (Wildman–Crippen MR) is 141 cm³/mol. The maximum atomic E-state index is 13.6. The van der Waals surface area contributed by atoms with Gasteiger partial charge in [0.05, 0.1) is 5.75 Å². The van der Waals surface area contributed by atoms with Gasteiger partial charge >= 0.3 is 0 Å². The van der Waals surface area contributed by atoms with Crippen LogP contribution in [0.1, 0.15) is 36.1 Å². The van der Waals surface area contributed by atoms with Gasteiger partial charge in [-0.05, 0) is 56.5 Å². The summed E-state index contributed by atoms with van der Waals surface area (Å²) in [7, 11) is 0. The van der Waals surface area contributed by atoms with Crippen LogP contribution in [0.25, 0.3) is 0 Å². The number of thioether (sulfide) groups is 1. The number of hydrogen-bond donors (Lipinski definition) is 1. The summed E-state index contributed by atoms with van der Waals surface area (Å²) in [6.45, 7) is 8.36. The first kappa shape index (κ1) is 25.6. The number of carbonyl (C=O) groups is 2. The molecule has 3 aromatic rings. The molecule has 0 bridgehead atoms. The zero-order chi connectivity index (χ0) is 24.5. The summed E-state index contributed by atoms with van der Waals surface area (Å²) < 4.78 is 0. The van der Waals surface area contributed by atoms with Crippen molar-refractivity contribution in [3.05, 3.63) is 101 Å². The lowest BCUT2D eigenvalue weighted by molar-refractivity contribution is -0.139. The molecule has 0 aromatic heterocycles. The van der Waals surface area contributed by atoms with Crippen molar-refractivity contribution in [3.8, 4) is 0 Å². The molecule has 0 saturated carbocycles. The van der Waals surface area contributed by atoms with Gasteiger partial charge in [-0.1, -0.05) is 72.3 Å². The quantitative estimate of drug-likeness (QED) is 0.391. The van der Waals surface area contributed by atoms with Gasteiger partial charge in [0.15, 0.2) is 0 Å². The number of amides is 2. The molecule has 0 aliphatic rings. The Morgan fingerprint density at radius 1 is 0.882 bits per heavy atom. The summed E-state index contributed by atoms with van der Waals surface area (Å²) in [5, 5.41) is 3.04. The maximum Gasteiger partial charge on any atom is 0.243 e. The Hall–Kier alpha value is -3.05. The minimum Gasteiger partial charge on any atom is -0.352 e. The standard InChI is InChI=1S/C29H34N2O2S/c1-21(2)30-29(33)27(18-24-11-6-5-7-12-24)31(19-25-13-9-8-10-23(25)4)28(32)20-34-26-16-14-22(3)15-17-26/h5-17,21,27H,18-20H2,1-4H3,(H,30,33). The van der Waals surface area contributed by atoms with E-state index in [0.717, 1.165) is 21.6 Å². The Kier molecular flexibility index (Phi) is 9.34. The number of rotatable bonds is 10. The monoisotopic (exact) mass is 474 g/mol. The molecule has 1 N–H and O–H groups in total. The molecule has 0 aliphatic carbocycles. The van der Waals surface area contributed by atoms with Crippen LogP contribution in [0, 0.1) is 13.8 Å². The number of hydrogen-bond acceptors (Lipinski definition) is 3. The van der Waals surface area contributed by atoms with Crippen LogP contribution in [0.2, 0.25) is 0 Å². The van der Waals surface area contributed by atoms with Crippen LogP contribution in [0.3, 0.4) is 0 Å². The first-order chi connectivity index (χ1) is 16.3. The zero-order valence-electron chi connectivity index (χ0n) is 20.5. The number of aryl methyl sites for hydroxylation is 2. The minimum absolute atomic E-state index is 0.0110. The molecule has 0 heterocycles. The molecule has 3 aromatic carbocycles. The highest BCUT2D eigenvalue weighted by molar-refractivity contribution is 8.00. The van der Waals surface area contributed by atoms with E-state index in [0.29, 0.717) is 13.0 Å². The smallest absolute Gasteiger partial charge is 0.243 e. The van der Waals surface area contributed by atoms with E-state index in [9.17, 15) is 9.59 Å². The molecule has 3 rings (SSSR count). The highest BCUT2D eigenvalue weighted by atomic mass is 32.2. The Morgan fingerprint density at radius 2 is 1.53 bits per heavy atom. The molecule has 4 nitrogen and oxygen atoms in total. The second kappa shape index (κ2) is 12.4. The number of carbonyl (C=O) groups excluding carboxylic acids is 2. The summed E-state index contributed by atoms with van der Waals surface area (Å²) in [4.78, 5) is 29.8. The summed E-state index contributed by atoms with van der Waals surface area (Å²) in [6.07, 6.45) is 0.464. The Balaban J connectivity index is 1.91. The van der Waals surface area contributed by atoms with Gasteiger partial charge in [0, 0.05) is 23.9 Å². The van der Waals surface area contributed by atoms with E-state index < -0.39 is 6.04 Å². The van der Waals surface area contributed by atoms with Crippen LogP contribution >= 0.6 is 11.8 Å². The normalized spacial score (nSPS) is 11.8. The van der Waals surface area contributed by atoms with Crippen molar-refractivity contribution in [1.82, 2.24) is 10.2 Å². The lowest BCUT2D eigenvalue weighted by Gasteiger charge is -2.32. The predicted octanol–water partition coefficient (Wildman–Crippen LogP) is 5.56. The average molecular weight is 475 g/mol. The summed E-state index contributed by atoms with van der Waals surface area (Å²) in [5.41, 5.74) is 4.37. The molecule has 1 unspecified atom stereocenters. The molecule has 0 fully saturated rings. The average Bonchev–Trinajstić information content (AvgIpc) is 2.82. The first-order valence-electron chi connectivity index (χ1n) is 11.7. The Labute approximate surface area is 207 Å². The van der Waals surface area contributed by atoms with Gasteiger partial charge in [-0.25, -0.2) is 0 Å². The molecule has 34 heavy (non-hydrogen) atoms. The third kappa shape index (κ3) is 7.49. The van der Waals surface area contributed by atoms with Gasteiger partial charge in [-0.15, -0.1) is 11.8 Å². The SMILES string of the molecule is Cc1ccc(SCC(=O)N(Cc2ccccc2C)C(Cc2ccccc2)C(=O)NC(C)C)cc1. The molecular formula is C29H34N2O2S. The van der Waals surface area contributed by atoms with Gasteiger partial charge in [0.2, 0.25) is 11.8 Å². The van der Waals surface area contributed by atoms with Crippen molar-refractivity contribution in [1.29, 1.82) is 0 Å². The van der Waals surface area contributed by atoms with Gasteiger partial charge in [0.1, 0.15) is 6.04 Å². The molecule has 2 amide bonds. The fourth-order valence-electron chi connectivity index (χ4n) is 3.77. The van der Waals surface area contributed by atoms with Crippen molar-refractivity contribution in [3.63, 3.8) is 0 Å². The molecule has 0 radical (unpaired) electrons. The number of benzene rings is 3. The molecular weight excluding hydrogens is 440 g/mol. The van der Waals surface area contributed by atoms with Crippen LogP contribution in [0.15, 0.2) is 83.8 Å². The van der Waals surface area contributed by atoms with Gasteiger partial charge in [-0.3, -0.25) is 9.59 Å². The fraction of sp³-hybridized carbons (Fsp3) is 0.310. The third-order valence-electron chi connectivity index (χ3n) is 5.69. The van der Waals surface area contributed by atoms with Crippen molar-refractivity contribution in [2.45, 2.75) is 57.6 Å². The topological polar surface area (TPSA) is 49.4 Å². The summed E-state index contributed by atoms with van der Waals surface area (Å²) in [6, 6.07) is 25.5. The third-order valence-corrected chi connectivity index (χ3v) is 6.68. The second-order valence-electron chi connectivity index (χ2n) is 8.92. The molecule has 0 aliphatic heterocycles. The minimum atomic E-state index is -0.601. The van der Waals surface area contributed by atoms with E-state index in [1.165, 1.54) is 17.3 Å². The van der Waals surface area contributed by atoms with E-state index in [4.69, 9.17) is 0 Å². The molecule has 178 valence electrons. The highest BCUT2D eigenvalue weighted by Gasteiger charge is 2.31. The van der Waals surface area contributed by atoms with Crippen LogP contribution in [0.5, 0.6) is 0 Å². The molecule has 0 spiro atoms. The zero-order valence-corrected chi connectivity index (χ0v) is 21.3. The fourth-order valence-corrected chi connectivity index (χ4v) is 4.55. The van der Waals surface area contributed by atoms with E-state index in [1.54, 1.807) is 4.90 Å². The van der Waals surface area contributed by atoms with Crippen molar-refractivity contribution in [2.75, 3.05) is 5.75 Å². The van der Waals surface area contributed by atoms with Gasteiger partial charge in [0.25, 0.3) is 0 Å². The van der Waals surface area contributed by atoms with Crippen LogP contribution in [-0.2, 0) is 22.6 Å². The van der Waals surface area contributed by atoms with E-state index in [-0.39, 0.29) is 23.6 Å². The largest absolute Gasteiger partial charge is 0.352 e. The van der Waals surface area contributed by atoms with E-state index in [2.05, 4.69) is 5.32 Å². The molecule has 0 saturated heterocycles. The van der Waals surface area contributed by atoms with Gasteiger partial charge < -0.3 is 10.2 Å².